The van der Waals surface area contributed by atoms with Gasteiger partial charge in [0.1, 0.15) is 0 Å². The van der Waals surface area contributed by atoms with Gasteiger partial charge < -0.3 is 4.52 Å². The van der Waals surface area contributed by atoms with Crippen LogP contribution < -0.4 is 5.56 Å². The zero-order valence-corrected chi connectivity index (χ0v) is 20.3. The minimum Gasteiger partial charge on any atom is -0.338 e. The highest BCUT2D eigenvalue weighted by atomic mass is 32.2. The summed E-state index contributed by atoms with van der Waals surface area (Å²) in [5.41, 5.74) is 0.692. The molecule has 0 spiro atoms. The van der Waals surface area contributed by atoms with Crippen molar-refractivity contribution in [1.29, 1.82) is 0 Å². The fourth-order valence-corrected chi connectivity index (χ4v) is 4.58. The largest absolute Gasteiger partial charge is 0.338 e. The van der Waals surface area contributed by atoms with E-state index >= 15 is 0 Å². The molecule has 0 saturated heterocycles. The average molecular weight is 444 g/mol. The summed E-state index contributed by atoms with van der Waals surface area (Å²) in [6.45, 7) is 16.1. The van der Waals surface area contributed by atoms with Crippen LogP contribution in [0.2, 0.25) is 0 Å². The van der Waals surface area contributed by atoms with Gasteiger partial charge in [0.15, 0.2) is 11.0 Å². The lowest BCUT2D eigenvalue weighted by Gasteiger charge is -2.31. The Labute approximate surface area is 188 Å². The summed E-state index contributed by atoms with van der Waals surface area (Å²) in [7, 11) is 0. The van der Waals surface area contributed by atoms with Crippen LogP contribution in [0.15, 0.2) is 38.7 Å². The molecule has 31 heavy (non-hydrogen) atoms. The van der Waals surface area contributed by atoms with Crippen LogP contribution in [0.1, 0.15) is 71.3 Å². The summed E-state index contributed by atoms with van der Waals surface area (Å²) < 4.78 is 7.27. The van der Waals surface area contributed by atoms with E-state index in [-0.39, 0.29) is 16.7 Å². The minimum absolute atomic E-state index is 0.0128. The number of nitrogens with zero attached hydrogens (tertiary/aromatic N) is 5. The fourth-order valence-electron chi connectivity index (χ4n) is 3.62. The summed E-state index contributed by atoms with van der Waals surface area (Å²) in [4.78, 5) is 25.1. The molecule has 0 fully saturated rings. The van der Waals surface area contributed by atoms with Crippen molar-refractivity contribution in [2.24, 2.45) is 0 Å². The molecule has 2 aromatic heterocycles. The molecule has 0 radical (unpaired) electrons. The highest BCUT2D eigenvalue weighted by Crippen LogP contribution is 2.33. The Morgan fingerprint density at radius 1 is 1.03 bits per heavy atom. The van der Waals surface area contributed by atoms with Gasteiger partial charge in [-0.15, -0.1) is 0 Å². The Morgan fingerprint density at radius 2 is 1.71 bits per heavy atom. The average Bonchev–Trinajstić information content (AvgIpc) is 3.20. The van der Waals surface area contributed by atoms with Crippen molar-refractivity contribution in [1.82, 2.24) is 24.6 Å². The van der Waals surface area contributed by atoms with E-state index in [1.54, 1.807) is 4.57 Å². The Bertz CT molecular complexity index is 1070. The van der Waals surface area contributed by atoms with Gasteiger partial charge in [0, 0.05) is 31.1 Å². The summed E-state index contributed by atoms with van der Waals surface area (Å²) >= 11 is 1.48. The van der Waals surface area contributed by atoms with Crippen molar-refractivity contribution in [3.05, 3.63) is 46.3 Å². The first kappa shape index (κ1) is 23.5. The summed E-state index contributed by atoms with van der Waals surface area (Å²) in [5, 5.41) is 5.26. The van der Waals surface area contributed by atoms with Gasteiger partial charge in [-0.1, -0.05) is 42.9 Å². The fraction of sp³-hybridized carbons (Fsp3) is 0.565. The van der Waals surface area contributed by atoms with Crippen molar-refractivity contribution < 1.29 is 4.52 Å². The molecule has 0 unspecified atom stereocenters. The van der Waals surface area contributed by atoms with Gasteiger partial charge in [-0.25, -0.2) is 4.98 Å². The van der Waals surface area contributed by atoms with Crippen LogP contribution in [0.5, 0.6) is 0 Å². The van der Waals surface area contributed by atoms with Crippen LogP contribution in [0.4, 0.5) is 0 Å². The van der Waals surface area contributed by atoms with Crippen LogP contribution in [0.3, 0.4) is 0 Å². The predicted octanol–water partition coefficient (Wildman–Crippen LogP) is 4.88. The maximum atomic E-state index is 13.4. The lowest BCUT2D eigenvalue weighted by molar-refractivity contribution is 0.166. The standard InChI is InChI=1S/C23H33N5O2S/c1-14(2)20-25-21(30-26-20)17(7)31-23-24-19-11-9-8-10-18(19)22(29)28(23)13-12-27(15(3)4)16(5)6/h8-11,14-17H,12-13H2,1-7H3/t17-/m1/s1. The second kappa shape index (κ2) is 9.96. The quantitative estimate of drug-likeness (QED) is 0.345. The molecule has 1 atom stereocenters. The number of benzene rings is 1. The van der Waals surface area contributed by atoms with Crippen LogP contribution in [0, 0.1) is 0 Å². The lowest BCUT2D eigenvalue weighted by atomic mass is 10.2. The molecular formula is C23H33N5O2S. The van der Waals surface area contributed by atoms with E-state index in [9.17, 15) is 4.79 Å². The van der Waals surface area contributed by atoms with Crippen LogP contribution in [0.25, 0.3) is 10.9 Å². The Morgan fingerprint density at radius 3 is 2.32 bits per heavy atom. The molecule has 1 aromatic carbocycles. The summed E-state index contributed by atoms with van der Waals surface area (Å²) in [5.74, 6) is 1.44. The van der Waals surface area contributed by atoms with E-state index in [0.717, 1.165) is 6.54 Å². The van der Waals surface area contributed by atoms with E-state index in [4.69, 9.17) is 9.51 Å². The number of hydrogen-bond acceptors (Lipinski definition) is 7. The molecule has 3 rings (SSSR count). The molecule has 3 aromatic rings. The maximum Gasteiger partial charge on any atom is 0.262 e. The first-order valence-electron chi connectivity index (χ1n) is 10.9. The van der Waals surface area contributed by atoms with Crippen LogP contribution >= 0.6 is 11.8 Å². The number of hydrogen-bond donors (Lipinski definition) is 0. The van der Waals surface area contributed by atoms with Gasteiger partial charge in [0.05, 0.1) is 16.2 Å². The van der Waals surface area contributed by atoms with Crippen molar-refractivity contribution in [2.45, 2.75) is 83.4 Å². The number of fused-ring (bicyclic) bond motifs is 1. The highest BCUT2D eigenvalue weighted by molar-refractivity contribution is 7.99. The third kappa shape index (κ3) is 5.36. The molecule has 168 valence electrons. The number of aromatic nitrogens is 4. The smallest absolute Gasteiger partial charge is 0.262 e. The predicted molar refractivity (Wildman–Crippen MR) is 126 cm³/mol. The SMILES string of the molecule is CC(C)c1noc([C@@H](C)Sc2nc3ccccc3c(=O)n2CCN(C(C)C)C(C)C)n1. The molecule has 0 bridgehead atoms. The zero-order valence-electron chi connectivity index (χ0n) is 19.5. The van der Waals surface area contributed by atoms with Crippen molar-refractivity contribution >= 4 is 22.7 Å². The molecule has 7 nitrogen and oxygen atoms in total. The second-order valence-electron chi connectivity index (χ2n) is 8.70. The van der Waals surface area contributed by atoms with Gasteiger partial charge in [0.2, 0.25) is 5.89 Å². The van der Waals surface area contributed by atoms with Crippen molar-refractivity contribution in [2.75, 3.05) is 6.54 Å². The molecule has 0 amide bonds. The monoisotopic (exact) mass is 443 g/mol. The molecule has 8 heteroatoms. The number of thioether (sulfide) groups is 1. The first-order valence-corrected chi connectivity index (χ1v) is 11.8. The Balaban J connectivity index is 1.96. The summed E-state index contributed by atoms with van der Waals surface area (Å²) in [6, 6.07) is 8.30. The number of rotatable bonds is 9. The van der Waals surface area contributed by atoms with Crippen molar-refractivity contribution in [3.63, 3.8) is 0 Å². The van der Waals surface area contributed by atoms with Gasteiger partial charge in [0.25, 0.3) is 5.56 Å². The van der Waals surface area contributed by atoms with Crippen molar-refractivity contribution in [3.8, 4) is 0 Å². The lowest BCUT2D eigenvalue weighted by Crippen LogP contribution is -2.40. The first-order chi connectivity index (χ1) is 14.7. The van der Waals surface area contributed by atoms with Crippen LogP contribution in [-0.4, -0.2) is 43.2 Å². The molecule has 0 aliphatic rings. The second-order valence-corrected chi connectivity index (χ2v) is 10.0. The maximum absolute atomic E-state index is 13.4. The Hall–Kier alpha value is -2.19. The molecule has 0 aliphatic heterocycles. The van der Waals surface area contributed by atoms with Gasteiger partial charge in [-0.05, 0) is 46.8 Å². The minimum atomic E-state index is -0.120. The molecular weight excluding hydrogens is 410 g/mol. The normalized spacial score (nSPS) is 13.3. The van der Waals surface area contributed by atoms with E-state index < -0.39 is 0 Å². The van der Waals surface area contributed by atoms with E-state index in [2.05, 4.69) is 42.7 Å². The zero-order chi connectivity index (χ0) is 22.7. The van der Waals surface area contributed by atoms with Gasteiger partial charge in [-0.2, -0.15) is 4.98 Å². The van der Waals surface area contributed by atoms with Gasteiger partial charge in [-0.3, -0.25) is 14.3 Å². The molecule has 2 heterocycles. The highest BCUT2D eigenvalue weighted by Gasteiger charge is 2.22. The Kier molecular flexibility index (Phi) is 7.54. The van der Waals surface area contributed by atoms with Gasteiger partial charge >= 0.3 is 0 Å². The van der Waals surface area contributed by atoms with E-state index in [1.807, 2.05) is 45.0 Å². The molecule has 0 N–H and O–H groups in total. The van der Waals surface area contributed by atoms with E-state index in [1.165, 1.54) is 11.8 Å². The van der Waals surface area contributed by atoms with Crippen LogP contribution in [-0.2, 0) is 6.54 Å². The summed E-state index contributed by atoms with van der Waals surface area (Å²) in [6.07, 6.45) is 0. The molecule has 0 saturated carbocycles. The third-order valence-corrected chi connectivity index (χ3v) is 6.42. The third-order valence-electron chi connectivity index (χ3n) is 5.34. The number of para-hydroxylation sites is 1. The van der Waals surface area contributed by atoms with E-state index in [0.29, 0.717) is 46.4 Å². The topological polar surface area (TPSA) is 77.0 Å². The molecule has 0 aliphatic carbocycles.